The molecule has 1 aromatic heterocycles. The molecule has 0 unspecified atom stereocenters. The van der Waals surface area contributed by atoms with E-state index in [9.17, 15) is 31.7 Å². The molecule has 0 saturated heterocycles. The van der Waals surface area contributed by atoms with E-state index in [1.165, 1.54) is 6.07 Å². The van der Waals surface area contributed by atoms with Crippen molar-refractivity contribution in [2.75, 3.05) is 33.0 Å². The number of aromatic nitrogens is 1. The maximum Gasteiger partial charge on any atom is 0.312 e. The summed E-state index contributed by atoms with van der Waals surface area (Å²) in [5.74, 6) is -0.829. The maximum absolute atomic E-state index is 12.7. The molecule has 0 radical (unpaired) electrons. The zero-order valence-corrected chi connectivity index (χ0v) is 32.4. The molecule has 0 spiro atoms. The summed E-state index contributed by atoms with van der Waals surface area (Å²) in [7, 11) is -8.39. The highest BCUT2D eigenvalue weighted by Gasteiger charge is 2.30. The lowest BCUT2D eigenvalue weighted by Gasteiger charge is -2.30. The second-order valence-corrected chi connectivity index (χ2v) is 16.7. The number of anilines is 3. The van der Waals surface area contributed by atoms with E-state index in [1.807, 2.05) is 41.3 Å². The van der Waals surface area contributed by atoms with Crippen molar-refractivity contribution in [1.82, 2.24) is 4.98 Å². The minimum Gasteiger partial charge on any atom is -0.491 e. The number of hydrogen-bond donors (Lipinski definition) is 2. The van der Waals surface area contributed by atoms with Crippen molar-refractivity contribution in [2.45, 2.75) is 32.9 Å². The fraction of sp³-hybridized carbons (Fsp3) is 0.200. The van der Waals surface area contributed by atoms with Crippen LogP contribution in [0.2, 0.25) is 0 Å². The number of aliphatic carboxylic acids is 1. The van der Waals surface area contributed by atoms with Crippen LogP contribution in [0.15, 0.2) is 109 Å². The molecular formula is C40H39N5O9S2. The third-order valence-electron chi connectivity index (χ3n) is 8.32. The number of pyridine rings is 1. The van der Waals surface area contributed by atoms with Crippen molar-refractivity contribution in [3.8, 4) is 23.3 Å². The molecule has 1 heterocycles. The van der Waals surface area contributed by atoms with Gasteiger partial charge in [-0.05, 0) is 83.8 Å². The second-order valence-electron chi connectivity index (χ2n) is 12.8. The molecule has 0 bridgehead atoms. The maximum atomic E-state index is 12.7. The lowest BCUT2D eigenvalue weighted by atomic mass is 10.1. The van der Waals surface area contributed by atoms with E-state index in [-0.39, 0.29) is 23.7 Å². The summed E-state index contributed by atoms with van der Waals surface area (Å²) in [5.41, 5.74) is 4.45. The first kappa shape index (κ1) is 40.7. The molecule has 0 saturated carbocycles. The molecule has 0 aliphatic heterocycles. The molecule has 4 aromatic carbocycles. The molecule has 56 heavy (non-hydrogen) atoms. The van der Waals surface area contributed by atoms with Crippen LogP contribution in [0.5, 0.6) is 17.2 Å². The normalized spacial score (nSPS) is 11.2. The third-order valence-corrected chi connectivity index (χ3v) is 11.5. The minimum absolute atomic E-state index is 0.00831. The Morgan fingerprint density at radius 2 is 1.45 bits per heavy atom. The summed E-state index contributed by atoms with van der Waals surface area (Å²) < 4.78 is 63.3. The van der Waals surface area contributed by atoms with E-state index >= 15 is 0 Å². The Bertz CT molecular complexity index is 2420. The summed E-state index contributed by atoms with van der Waals surface area (Å²) >= 11 is 0. The zero-order chi connectivity index (χ0) is 40.5. The molecule has 0 atom stereocenters. The Labute approximate surface area is 325 Å². The Kier molecular flexibility index (Phi) is 12.9. The number of nitrogens with one attached hydrogen (secondary N) is 1. The summed E-state index contributed by atoms with van der Waals surface area (Å²) in [6, 6.07) is 29.7. The van der Waals surface area contributed by atoms with E-state index < -0.39 is 38.3 Å². The number of rotatable bonds is 17. The largest absolute Gasteiger partial charge is 0.491 e. The van der Waals surface area contributed by atoms with Gasteiger partial charge in [-0.2, -0.15) is 8.97 Å². The lowest BCUT2D eigenvalue weighted by Crippen LogP contribution is -2.36. The van der Waals surface area contributed by atoms with Crippen LogP contribution < -0.4 is 23.4 Å². The number of ether oxygens (including phenoxy) is 2. The zero-order valence-electron chi connectivity index (χ0n) is 30.7. The summed E-state index contributed by atoms with van der Waals surface area (Å²) in [6.45, 7) is 2.57. The van der Waals surface area contributed by atoms with Crippen molar-refractivity contribution >= 4 is 49.0 Å². The monoisotopic (exact) mass is 797 g/mol. The molecule has 5 rings (SSSR count). The molecule has 5 aromatic rings. The van der Waals surface area contributed by atoms with Gasteiger partial charge in [0.1, 0.15) is 23.7 Å². The molecule has 290 valence electrons. The number of nitrogens with zero attached hydrogens (tertiary/aromatic N) is 4. The second kappa shape index (κ2) is 17.8. The van der Waals surface area contributed by atoms with Crippen LogP contribution in [0, 0.1) is 18.3 Å². The number of carbonyl (C=O) groups excluding carboxylic acids is 1. The average Bonchev–Trinajstić information content (AvgIpc) is 3.13. The Balaban J connectivity index is 1.40. The van der Waals surface area contributed by atoms with E-state index in [0.29, 0.717) is 51.5 Å². The Morgan fingerprint density at radius 1 is 0.821 bits per heavy atom. The van der Waals surface area contributed by atoms with Crippen molar-refractivity contribution < 1.29 is 41.0 Å². The van der Waals surface area contributed by atoms with Gasteiger partial charge in [0.2, 0.25) is 26.0 Å². The molecule has 2 N–H and O–H groups in total. The van der Waals surface area contributed by atoms with Gasteiger partial charge < -0.3 is 24.8 Å². The van der Waals surface area contributed by atoms with Gasteiger partial charge in [0.05, 0.1) is 42.1 Å². The smallest absolute Gasteiger partial charge is 0.312 e. The fourth-order valence-electron chi connectivity index (χ4n) is 5.85. The van der Waals surface area contributed by atoms with Crippen LogP contribution in [-0.4, -0.2) is 57.9 Å². The van der Waals surface area contributed by atoms with Crippen LogP contribution in [0.3, 0.4) is 0 Å². The highest BCUT2D eigenvalue weighted by atomic mass is 32.3. The van der Waals surface area contributed by atoms with Gasteiger partial charge in [0, 0.05) is 43.7 Å². The van der Waals surface area contributed by atoms with Crippen molar-refractivity contribution in [3.05, 3.63) is 137 Å². The van der Waals surface area contributed by atoms with Gasteiger partial charge in [0.25, 0.3) is 0 Å². The van der Waals surface area contributed by atoms with Crippen molar-refractivity contribution in [3.63, 3.8) is 0 Å². The standard InChI is InChI=1S/C40H39N5O9S2/c1-28-36(7-4-8-37(28)45(55(2,49)50)56(3,51)52)44(26-31-11-9-29(24-41)10-12-31)27-32-13-15-33(16-14-32)54-34-17-18-35(43-39(46)23-40(47)48)38(22-34)53-21-19-30-6-5-20-42-25-30/h4-18,20,22,25H,19,21,23,26-27H2,1-3H3,(H,43,46)(H,47,48). The van der Waals surface area contributed by atoms with Crippen LogP contribution in [0.4, 0.5) is 17.1 Å². The highest BCUT2D eigenvalue weighted by molar-refractivity contribution is 8.09. The van der Waals surface area contributed by atoms with Gasteiger partial charge in [-0.25, -0.2) is 16.8 Å². The molecule has 14 nitrogen and oxygen atoms in total. The number of benzene rings is 4. The molecule has 0 aliphatic carbocycles. The topological polar surface area (TPSA) is 196 Å². The number of hydrogen-bond acceptors (Lipinski definition) is 11. The lowest BCUT2D eigenvalue weighted by molar-refractivity contribution is -0.139. The quantitative estimate of drug-likeness (QED) is 0.104. The SMILES string of the molecule is Cc1c(N(Cc2ccc(C#N)cc2)Cc2ccc(Oc3ccc(NC(=O)CC(=O)O)c(OCCc4cccnc4)c3)cc2)cccc1N(S(C)(=O)=O)S(C)(=O)=O. The highest BCUT2D eigenvalue weighted by Crippen LogP contribution is 2.35. The van der Waals surface area contributed by atoms with Gasteiger partial charge >= 0.3 is 5.97 Å². The number of carboxylic acids is 1. The van der Waals surface area contributed by atoms with E-state index in [2.05, 4.69) is 16.4 Å². The van der Waals surface area contributed by atoms with E-state index in [1.54, 1.807) is 73.9 Å². The van der Waals surface area contributed by atoms with Gasteiger partial charge in [-0.1, -0.05) is 36.4 Å². The summed E-state index contributed by atoms with van der Waals surface area (Å²) in [4.78, 5) is 29.4. The van der Waals surface area contributed by atoms with Crippen LogP contribution in [0.1, 0.15) is 34.2 Å². The number of carboxylic acid groups (broad SMARTS) is 1. The van der Waals surface area contributed by atoms with Gasteiger partial charge in [-0.15, -0.1) is 0 Å². The van der Waals surface area contributed by atoms with E-state index in [4.69, 9.17) is 14.6 Å². The van der Waals surface area contributed by atoms with Crippen LogP contribution >= 0.6 is 0 Å². The molecule has 0 fully saturated rings. The Hall–Kier alpha value is -6.44. The van der Waals surface area contributed by atoms with Crippen LogP contribution in [-0.2, 0) is 49.1 Å². The number of sulfonamides is 2. The third kappa shape index (κ3) is 11.1. The minimum atomic E-state index is -4.20. The molecular weight excluding hydrogens is 759 g/mol. The molecule has 0 aliphatic rings. The number of amides is 1. The number of carbonyl (C=O) groups is 2. The van der Waals surface area contributed by atoms with E-state index in [0.717, 1.165) is 29.2 Å². The summed E-state index contributed by atoms with van der Waals surface area (Å²) in [6.07, 6.45) is 4.88. The first-order valence-corrected chi connectivity index (χ1v) is 20.8. The summed E-state index contributed by atoms with van der Waals surface area (Å²) in [5, 5.41) is 20.9. The molecule has 16 heteroatoms. The van der Waals surface area contributed by atoms with Crippen LogP contribution in [0.25, 0.3) is 0 Å². The van der Waals surface area contributed by atoms with Gasteiger partial charge in [-0.3, -0.25) is 14.6 Å². The number of nitriles is 1. The Morgan fingerprint density at radius 3 is 2.04 bits per heavy atom. The average molecular weight is 798 g/mol. The van der Waals surface area contributed by atoms with Gasteiger partial charge in [0.15, 0.2) is 0 Å². The van der Waals surface area contributed by atoms with Crippen molar-refractivity contribution in [2.24, 2.45) is 0 Å². The molecule has 1 amide bonds. The first-order chi connectivity index (χ1) is 26.6. The predicted molar refractivity (Wildman–Crippen MR) is 212 cm³/mol. The fourth-order valence-corrected chi connectivity index (χ4v) is 8.93. The van der Waals surface area contributed by atoms with Crippen molar-refractivity contribution in [1.29, 1.82) is 5.26 Å². The first-order valence-electron chi connectivity index (χ1n) is 17.1. The predicted octanol–water partition coefficient (Wildman–Crippen LogP) is 6.02.